The number of amides is 1. The van der Waals surface area contributed by atoms with Gasteiger partial charge in [0.25, 0.3) is 0 Å². The van der Waals surface area contributed by atoms with Gasteiger partial charge in [-0.15, -0.1) is 12.4 Å². The highest BCUT2D eigenvalue weighted by molar-refractivity contribution is 7.89. The van der Waals surface area contributed by atoms with Gasteiger partial charge in [0.1, 0.15) is 0 Å². The molecule has 1 aromatic rings. The smallest absolute Gasteiger partial charge is 0.240 e. The zero-order chi connectivity index (χ0) is 15.5. The molecule has 8 heteroatoms. The quantitative estimate of drug-likeness (QED) is 0.801. The van der Waals surface area contributed by atoms with Gasteiger partial charge >= 0.3 is 0 Å². The summed E-state index contributed by atoms with van der Waals surface area (Å²) in [7, 11) is -1.70. The third-order valence-corrected chi connectivity index (χ3v) is 5.03. The van der Waals surface area contributed by atoms with Crippen LogP contribution in [0.1, 0.15) is 18.9 Å². The number of benzene rings is 1. The van der Waals surface area contributed by atoms with E-state index >= 15 is 0 Å². The van der Waals surface area contributed by atoms with Crippen molar-refractivity contribution in [2.24, 2.45) is 0 Å². The van der Waals surface area contributed by atoms with Crippen molar-refractivity contribution in [1.29, 1.82) is 0 Å². The molecule has 2 N–H and O–H groups in total. The number of rotatable bonds is 6. The van der Waals surface area contributed by atoms with Gasteiger partial charge in [0.2, 0.25) is 15.9 Å². The number of anilines is 1. The van der Waals surface area contributed by atoms with E-state index in [1.54, 1.807) is 37.1 Å². The van der Waals surface area contributed by atoms with E-state index in [0.717, 1.165) is 17.7 Å². The Balaban J connectivity index is 0.00000242. The number of carbonyl (C=O) groups excluding carboxylic acids is 1. The molecule has 0 saturated heterocycles. The van der Waals surface area contributed by atoms with Crippen LogP contribution < -0.4 is 14.9 Å². The maximum atomic E-state index is 12.2. The monoisotopic (exact) mass is 347 g/mol. The fourth-order valence-corrected chi connectivity index (χ4v) is 3.49. The predicted molar refractivity (Wildman–Crippen MR) is 89.2 cm³/mol. The molecule has 2 rings (SSSR count). The minimum absolute atomic E-state index is 0. The van der Waals surface area contributed by atoms with Crippen molar-refractivity contribution in [3.05, 3.63) is 23.8 Å². The van der Waals surface area contributed by atoms with Crippen molar-refractivity contribution < 1.29 is 13.2 Å². The predicted octanol–water partition coefficient (Wildman–Crippen LogP) is 0.905. The van der Waals surface area contributed by atoms with Crippen LogP contribution in [0.5, 0.6) is 0 Å². The molecule has 0 fully saturated rings. The van der Waals surface area contributed by atoms with Crippen molar-refractivity contribution in [1.82, 2.24) is 10.0 Å². The molecule has 1 aromatic carbocycles. The Morgan fingerprint density at radius 3 is 2.73 bits per heavy atom. The molecule has 1 aliphatic rings. The normalized spacial score (nSPS) is 13.6. The first-order chi connectivity index (χ1) is 9.99. The van der Waals surface area contributed by atoms with E-state index in [2.05, 4.69) is 10.0 Å². The molecule has 1 aliphatic heterocycles. The average molecular weight is 348 g/mol. The molecule has 0 aliphatic carbocycles. The van der Waals surface area contributed by atoms with Crippen LogP contribution in [0.2, 0.25) is 0 Å². The summed E-state index contributed by atoms with van der Waals surface area (Å²) in [6.07, 6.45) is 1.17. The molecule has 0 bridgehead atoms. The zero-order valence-corrected chi connectivity index (χ0v) is 14.4. The van der Waals surface area contributed by atoms with E-state index in [9.17, 15) is 13.2 Å². The second-order valence-corrected chi connectivity index (χ2v) is 6.71. The van der Waals surface area contributed by atoms with Gasteiger partial charge in [-0.05, 0) is 31.2 Å². The van der Waals surface area contributed by atoms with Crippen molar-refractivity contribution >= 4 is 34.0 Å². The first-order valence-electron chi connectivity index (χ1n) is 7.07. The van der Waals surface area contributed by atoms with Crippen LogP contribution in [0.15, 0.2) is 23.1 Å². The van der Waals surface area contributed by atoms with Crippen molar-refractivity contribution in [2.75, 3.05) is 31.6 Å². The van der Waals surface area contributed by atoms with E-state index in [-0.39, 0.29) is 23.2 Å². The molecule has 1 amide bonds. The van der Waals surface area contributed by atoms with Gasteiger partial charge in [0.05, 0.1) is 4.90 Å². The third-order valence-electron chi connectivity index (χ3n) is 3.49. The van der Waals surface area contributed by atoms with Gasteiger partial charge < -0.3 is 10.2 Å². The number of hydrogen-bond acceptors (Lipinski definition) is 4. The van der Waals surface area contributed by atoms with E-state index < -0.39 is 10.0 Å². The summed E-state index contributed by atoms with van der Waals surface area (Å²) < 4.78 is 26.6. The maximum Gasteiger partial charge on any atom is 0.240 e. The molecule has 6 nitrogen and oxygen atoms in total. The lowest BCUT2D eigenvalue weighted by molar-refractivity contribution is -0.118. The van der Waals surface area contributed by atoms with Gasteiger partial charge in [-0.25, -0.2) is 13.1 Å². The lowest BCUT2D eigenvalue weighted by Gasteiger charge is -2.18. The number of fused-ring (bicyclic) bond motifs is 1. The van der Waals surface area contributed by atoms with E-state index in [1.807, 2.05) is 0 Å². The summed E-state index contributed by atoms with van der Waals surface area (Å²) in [6.45, 7) is 3.30. The molecular formula is C14H22ClN3O3S. The Morgan fingerprint density at radius 2 is 2.09 bits per heavy atom. The minimum Gasteiger partial charge on any atom is -0.319 e. The number of hydrogen-bond donors (Lipinski definition) is 2. The standard InChI is InChI=1S/C14H21N3O3S.ClH/c1-3-16-21(19,20)12-5-4-11-7-9-17(13(11)10-12)14(18)6-8-15-2;/h4-5,10,15-16H,3,6-9H2,1-2H3;1H. The van der Waals surface area contributed by atoms with E-state index in [0.29, 0.717) is 26.1 Å². The molecule has 0 radical (unpaired) electrons. The summed E-state index contributed by atoms with van der Waals surface area (Å²) in [5, 5.41) is 2.95. The Hall–Kier alpha value is -1.15. The van der Waals surface area contributed by atoms with E-state index in [1.165, 1.54) is 0 Å². The second kappa shape index (κ2) is 7.92. The summed E-state index contributed by atoms with van der Waals surface area (Å²) in [5.41, 5.74) is 1.73. The molecule has 124 valence electrons. The number of nitrogens with zero attached hydrogens (tertiary/aromatic N) is 1. The molecule has 0 unspecified atom stereocenters. The van der Waals surface area contributed by atoms with Gasteiger partial charge in [-0.1, -0.05) is 13.0 Å². The molecule has 22 heavy (non-hydrogen) atoms. The maximum absolute atomic E-state index is 12.2. The molecule has 0 atom stereocenters. The van der Waals surface area contributed by atoms with Gasteiger partial charge in [0.15, 0.2) is 0 Å². The lowest BCUT2D eigenvalue weighted by atomic mass is 10.2. The van der Waals surface area contributed by atoms with Crippen molar-refractivity contribution in [3.8, 4) is 0 Å². The van der Waals surface area contributed by atoms with Crippen LogP contribution >= 0.6 is 12.4 Å². The van der Waals surface area contributed by atoms with Crippen LogP contribution in [0.4, 0.5) is 5.69 Å². The molecule has 0 aromatic heterocycles. The van der Waals surface area contributed by atoms with Crippen LogP contribution in [0, 0.1) is 0 Å². The fraction of sp³-hybridized carbons (Fsp3) is 0.500. The zero-order valence-electron chi connectivity index (χ0n) is 12.8. The molecular weight excluding hydrogens is 326 g/mol. The highest BCUT2D eigenvalue weighted by Crippen LogP contribution is 2.30. The Bertz CT molecular complexity index is 634. The number of carbonyl (C=O) groups is 1. The topological polar surface area (TPSA) is 78.5 Å². The van der Waals surface area contributed by atoms with Gasteiger partial charge in [-0.2, -0.15) is 0 Å². The SMILES string of the molecule is CCNS(=O)(=O)c1ccc2c(c1)N(C(=O)CCNC)CC2.Cl. The summed E-state index contributed by atoms with van der Waals surface area (Å²) in [5.74, 6) is 0.0149. The minimum atomic E-state index is -3.50. The largest absolute Gasteiger partial charge is 0.319 e. The third kappa shape index (κ3) is 3.98. The number of sulfonamides is 1. The highest BCUT2D eigenvalue weighted by Gasteiger charge is 2.26. The second-order valence-electron chi connectivity index (χ2n) is 4.94. The molecule has 0 saturated carbocycles. The first-order valence-corrected chi connectivity index (χ1v) is 8.55. The number of halogens is 1. The Kier molecular flexibility index (Phi) is 6.80. The van der Waals surface area contributed by atoms with Crippen LogP contribution in [0.25, 0.3) is 0 Å². The Morgan fingerprint density at radius 1 is 1.36 bits per heavy atom. The van der Waals surface area contributed by atoms with Crippen molar-refractivity contribution in [2.45, 2.75) is 24.7 Å². The van der Waals surface area contributed by atoms with Crippen LogP contribution in [-0.4, -0.2) is 41.0 Å². The van der Waals surface area contributed by atoms with Gasteiger partial charge in [0, 0.05) is 31.7 Å². The first kappa shape index (κ1) is 18.9. The lowest BCUT2D eigenvalue weighted by Crippen LogP contribution is -2.31. The highest BCUT2D eigenvalue weighted by atomic mass is 35.5. The molecule has 1 heterocycles. The summed E-state index contributed by atoms with van der Waals surface area (Å²) >= 11 is 0. The average Bonchev–Trinajstić information content (AvgIpc) is 2.87. The fourth-order valence-electron chi connectivity index (χ4n) is 2.43. The summed E-state index contributed by atoms with van der Waals surface area (Å²) in [4.78, 5) is 14.1. The number of nitrogens with one attached hydrogen (secondary N) is 2. The van der Waals surface area contributed by atoms with Crippen LogP contribution in [0.3, 0.4) is 0 Å². The summed E-state index contributed by atoms with van der Waals surface area (Å²) in [6, 6.07) is 4.99. The molecule has 0 spiro atoms. The van der Waals surface area contributed by atoms with E-state index in [4.69, 9.17) is 0 Å². The van der Waals surface area contributed by atoms with Gasteiger partial charge in [-0.3, -0.25) is 4.79 Å². The Labute approximate surface area is 137 Å². The van der Waals surface area contributed by atoms with Crippen molar-refractivity contribution in [3.63, 3.8) is 0 Å². The van der Waals surface area contributed by atoms with Crippen LogP contribution in [-0.2, 0) is 21.2 Å².